The quantitative estimate of drug-likeness (QED) is 0.604. The lowest BCUT2D eigenvalue weighted by molar-refractivity contribution is -0.129. The predicted octanol–water partition coefficient (Wildman–Crippen LogP) is -0.420. The number of aromatic amines is 2. The molecule has 1 aliphatic rings. The first kappa shape index (κ1) is 15.5. The van der Waals surface area contributed by atoms with Gasteiger partial charge in [-0.15, -0.1) is 0 Å². The topological polar surface area (TPSA) is 115 Å². The summed E-state index contributed by atoms with van der Waals surface area (Å²) in [6.45, 7) is 5.45. The first-order valence-corrected chi connectivity index (χ1v) is 7.01. The van der Waals surface area contributed by atoms with E-state index in [-0.39, 0.29) is 30.2 Å². The Hall–Kier alpha value is -1.89. The molecule has 1 saturated carbocycles. The number of aliphatic hydroxyl groups is 1. The van der Waals surface area contributed by atoms with Gasteiger partial charge in [-0.2, -0.15) is 0 Å². The lowest BCUT2D eigenvalue weighted by Gasteiger charge is -2.49. The molecule has 2 unspecified atom stereocenters. The summed E-state index contributed by atoms with van der Waals surface area (Å²) in [7, 11) is 0. The van der Waals surface area contributed by atoms with Crippen molar-refractivity contribution in [1.29, 1.82) is 0 Å². The van der Waals surface area contributed by atoms with E-state index in [1.807, 2.05) is 13.8 Å². The van der Waals surface area contributed by atoms with Crippen LogP contribution in [0.5, 0.6) is 0 Å². The van der Waals surface area contributed by atoms with Crippen LogP contribution in [0.1, 0.15) is 37.9 Å². The van der Waals surface area contributed by atoms with Crippen molar-refractivity contribution in [2.75, 3.05) is 0 Å². The summed E-state index contributed by atoms with van der Waals surface area (Å²) in [4.78, 5) is 39.3. The van der Waals surface area contributed by atoms with E-state index in [0.29, 0.717) is 17.7 Å². The van der Waals surface area contributed by atoms with E-state index in [1.165, 1.54) is 0 Å². The van der Waals surface area contributed by atoms with Crippen LogP contribution in [-0.4, -0.2) is 33.1 Å². The molecule has 1 aliphatic carbocycles. The Labute approximate surface area is 121 Å². The smallest absolute Gasteiger partial charge is 0.325 e. The van der Waals surface area contributed by atoms with Gasteiger partial charge >= 0.3 is 5.69 Å². The van der Waals surface area contributed by atoms with Crippen molar-refractivity contribution in [3.8, 4) is 0 Å². The zero-order valence-electron chi connectivity index (χ0n) is 12.4. The van der Waals surface area contributed by atoms with Gasteiger partial charge in [-0.1, -0.05) is 13.8 Å². The molecule has 1 amide bonds. The van der Waals surface area contributed by atoms with E-state index in [1.54, 1.807) is 6.92 Å². The van der Waals surface area contributed by atoms with E-state index in [2.05, 4.69) is 15.3 Å². The zero-order valence-corrected chi connectivity index (χ0v) is 12.4. The van der Waals surface area contributed by atoms with Crippen molar-refractivity contribution in [3.63, 3.8) is 0 Å². The van der Waals surface area contributed by atoms with Gasteiger partial charge in [0.05, 0.1) is 6.10 Å². The number of amides is 1. The summed E-state index contributed by atoms with van der Waals surface area (Å²) < 4.78 is 0. The highest BCUT2D eigenvalue weighted by molar-refractivity contribution is 5.76. The maximum Gasteiger partial charge on any atom is 0.325 e. The molecular weight excluding hydrogens is 274 g/mol. The molecule has 2 atom stereocenters. The van der Waals surface area contributed by atoms with E-state index in [9.17, 15) is 19.5 Å². The summed E-state index contributed by atoms with van der Waals surface area (Å²) in [5.74, 6) is -0.162. The number of nitrogens with one attached hydrogen (secondary N) is 3. The van der Waals surface area contributed by atoms with Crippen LogP contribution in [0.15, 0.2) is 9.59 Å². The highest BCUT2D eigenvalue weighted by Crippen LogP contribution is 2.40. The lowest BCUT2D eigenvalue weighted by Crippen LogP contribution is -2.61. The molecule has 7 heteroatoms. The van der Waals surface area contributed by atoms with Crippen LogP contribution in [-0.2, 0) is 11.2 Å². The predicted molar refractivity (Wildman–Crippen MR) is 77.1 cm³/mol. The Kier molecular flexibility index (Phi) is 4.04. The molecule has 0 radical (unpaired) electrons. The van der Waals surface area contributed by atoms with Gasteiger partial charge < -0.3 is 15.4 Å². The first-order chi connectivity index (χ1) is 9.71. The third-order valence-electron chi connectivity index (χ3n) is 4.41. The molecule has 1 aromatic heterocycles. The van der Waals surface area contributed by atoms with Crippen LogP contribution in [0.3, 0.4) is 0 Å². The Morgan fingerprint density at radius 2 is 2.05 bits per heavy atom. The lowest BCUT2D eigenvalue weighted by atomic mass is 9.64. The fourth-order valence-corrected chi connectivity index (χ4v) is 2.58. The third kappa shape index (κ3) is 3.07. The molecule has 0 bridgehead atoms. The zero-order chi connectivity index (χ0) is 15.8. The van der Waals surface area contributed by atoms with E-state index >= 15 is 0 Å². The van der Waals surface area contributed by atoms with Crippen LogP contribution < -0.4 is 16.6 Å². The molecule has 0 aromatic carbocycles. The van der Waals surface area contributed by atoms with Crippen LogP contribution in [0.25, 0.3) is 0 Å². The summed E-state index contributed by atoms with van der Waals surface area (Å²) in [6, 6.07) is -0.0463. The van der Waals surface area contributed by atoms with Crippen molar-refractivity contribution >= 4 is 5.91 Å². The molecule has 1 heterocycles. The molecule has 21 heavy (non-hydrogen) atoms. The fraction of sp³-hybridized carbons (Fsp3) is 0.643. The fourth-order valence-electron chi connectivity index (χ4n) is 2.58. The van der Waals surface area contributed by atoms with Gasteiger partial charge in [0.1, 0.15) is 0 Å². The highest BCUT2D eigenvalue weighted by atomic mass is 16.3. The molecule has 1 fully saturated rings. The molecule has 0 spiro atoms. The molecule has 4 N–H and O–H groups in total. The normalized spacial score (nSPS) is 23.4. The van der Waals surface area contributed by atoms with E-state index < -0.39 is 17.4 Å². The van der Waals surface area contributed by atoms with Crippen molar-refractivity contribution in [3.05, 3.63) is 32.1 Å². The maximum absolute atomic E-state index is 11.9. The number of rotatable bonds is 4. The number of hydrogen-bond donors (Lipinski definition) is 4. The number of hydrogen-bond acceptors (Lipinski definition) is 4. The van der Waals surface area contributed by atoms with E-state index in [0.717, 1.165) is 0 Å². The first-order valence-electron chi connectivity index (χ1n) is 7.01. The second-order valence-electron chi connectivity index (χ2n) is 6.20. The number of carbonyl (C=O) groups excluding carboxylic acids is 1. The highest BCUT2D eigenvalue weighted by Gasteiger charge is 2.47. The Morgan fingerprint density at radius 3 is 2.57 bits per heavy atom. The van der Waals surface area contributed by atoms with Gasteiger partial charge in [0.15, 0.2) is 0 Å². The van der Waals surface area contributed by atoms with Gasteiger partial charge in [-0.25, -0.2) is 4.79 Å². The van der Waals surface area contributed by atoms with Crippen molar-refractivity contribution in [2.45, 2.75) is 52.2 Å². The van der Waals surface area contributed by atoms with Gasteiger partial charge in [0.2, 0.25) is 5.91 Å². The summed E-state index contributed by atoms with van der Waals surface area (Å²) in [5.41, 5.74) is -0.422. The molecule has 1 aromatic rings. The molecule has 0 aliphatic heterocycles. The molecule has 0 saturated heterocycles. The minimum absolute atomic E-state index is 0.0463. The number of H-pyrrole nitrogens is 2. The maximum atomic E-state index is 11.9. The SMILES string of the molecule is Cc1[nH]c(=O)[nH]c(=O)c1CCC(=O)NC1CC(O)C1(C)C. The monoisotopic (exact) mass is 295 g/mol. The van der Waals surface area contributed by atoms with Gasteiger partial charge in [-0.05, 0) is 19.8 Å². The van der Waals surface area contributed by atoms with Crippen molar-refractivity contribution in [2.24, 2.45) is 5.41 Å². The molecule has 2 rings (SSSR count). The van der Waals surface area contributed by atoms with Crippen LogP contribution in [0.2, 0.25) is 0 Å². The Bertz CT molecular complexity index is 659. The Morgan fingerprint density at radius 1 is 1.38 bits per heavy atom. The van der Waals surface area contributed by atoms with E-state index in [4.69, 9.17) is 0 Å². The van der Waals surface area contributed by atoms with Crippen molar-refractivity contribution < 1.29 is 9.90 Å². The minimum Gasteiger partial charge on any atom is -0.392 e. The third-order valence-corrected chi connectivity index (χ3v) is 4.41. The van der Waals surface area contributed by atoms with Gasteiger partial charge in [-0.3, -0.25) is 14.6 Å². The average molecular weight is 295 g/mol. The second-order valence-corrected chi connectivity index (χ2v) is 6.20. The van der Waals surface area contributed by atoms with Gasteiger partial charge in [0, 0.05) is 29.1 Å². The average Bonchev–Trinajstić information content (AvgIpc) is 2.37. The van der Waals surface area contributed by atoms with Crippen LogP contribution >= 0.6 is 0 Å². The molecular formula is C14H21N3O4. The number of carbonyl (C=O) groups is 1. The second kappa shape index (κ2) is 5.48. The minimum atomic E-state index is -0.545. The van der Waals surface area contributed by atoms with Crippen LogP contribution in [0.4, 0.5) is 0 Å². The number of aliphatic hydroxyl groups excluding tert-OH is 1. The van der Waals surface area contributed by atoms with Gasteiger partial charge in [0.25, 0.3) is 5.56 Å². The summed E-state index contributed by atoms with van der Waals surface area (Å²) >= 11 is 0. The standard InChI is InChI=1S/C14H21N3O4/c1-7-8(12(20)17-13(21)15-7)4-5-11(19)16-9-6-10(18)14(9,2)3/h9-10,18H,4-6H2,1-3H3,(H,16,19)(H2,15,17,20,21). The largest absolute Gasteiger partial charge is 0.392 e. The number of aryl methyl sites for hydroxylation is 1. The summed E-state index contributed by atoms with van der Waals surface area (Å²) in [6.07, 6.45) is 0.585. The number of aromatic nitrogens is 2. The summed E-state index contributed by atoms with van der Waals surface area (Å²) in [5, 5.41) is 12.5. The Balaban J connectivity index is 1.94. The molecule has 7 nitrogen and oxygen atoms in total. The van der Waals surface area contributed by atoms with Crippen molar-refractivity contribution in [1.82, 2.24) is 15.3 Å². The molecule has 116 valence electrons. The van der Waals surface area contributed by atoms with Crippen LogP contribution in [0, 0.1) is 12.3 Å².